The number of fused-ring (bicyclic) bond motifs is 1. The molecule has 1 N–H and O–H groups in total. The number of benzene rings is 2. The van der Waals surface area contributed by atoms with Crippen molar-refractivity contribution >= 4 is 40.1 Å². The first-order chi connectivity index (χ1) is 12.0. The van der Waals surface area contributed by atoms with Crippen LogP contribution in [0.3, 0.4) is 0 Å². The predicted octanol–water partition coefficient (Wildman–Crippen LogP) is 3.91. The fraction of sp³-hybridized carbons (Fsp3) is 0.111. The molecule has 2 aromatic carbocycles. The van der Waals surface area contributed by atoms with E-state index in [4.69, 9.17) is 32.4 Å². The Morgan fingerprint density at radius 2 is 1.76 bits per heavy atom. The molecule has 1 aromatic heterocycles. The maximum atomic E-state index is 12.1. The summed E-state index contributed by atoms with van der Waals surface area (Å²) in [6.07, 6.45) is 0. The number of halogens is 2. The third-order valence-corrected chi connectivity index (χ3v) is 3.87. The number of amides is 1. The third kappa shape index (κ3) is 4.32. The van der Waals surface area contributed by atoms with E-state index in [0.29, 0.717) is 26.8 Å². The van der Waals surface area contributed by atoms with Gasteiger partial charge in [0.1, 0.15) is 17.9 Å². The molecule has 0 bridgehead atoms. The Morgan fingerprint density at radius 3 is 2.52 bits per heavy atom. The summed E-state index contributed by atoms with van der Waals surface area (Å²) < 4.78 is 10.9. The van der Waals surface area contributed by atoms with Crippen molar-refractivity contribution in [3.63, 3.8) is 0 Å². The highest BCUT2D eigenvalue weighted by Crippen LogP contribution is 2.18. The summed E-state index contributed by atoms with van der Waals surface area (Å²) in [5.41, 5.74) is -0.0224. The zero-order valence-corrected chi connectivity index (χ0v) is 14.4. The van der Waals surface area contributed by atoms with Crippen LogP contribution in [0.4, 0.5) is 0 Å². The fourth-order valence-corrected chi connectivity index (χ4v) is 2.49. The van der Waals surface area contributed by atoms with Gasteiger partial charge < -0.3 is 14.5 Å². The lowest BCUT2D eigenvalue weighted by molar-refractivity contribution is 0.0920. The van der Waals surface area contributed by atoms with E-state index in [-0.39, 0.29) is 24.3 Å². The first-order valence-corrected chi connectivity index (χ1v) is 8.18. The molecule has 0 aliphatic carbocycles. The topological polar surface area (TPSA) is 68.5 Å². The van der Waals surface area contributed by atoms with E-state index in [0.717, 1.165) is 6.07 Å². The monoisotopic (exact) mass is 377 g/mol. The van der Waals surface area contributed by atoms with Crippen molar-refractivity contribution < 1.29 is 13.9 Å². The molecule has 1 heterocycles. The van der Waals surface area contributed by atoms with Gasteiger partial charge in [-0.15, -0.1) is 0 Å². The summed E-state index contributed by atoms with van der Waals surface area (Å²) in [7, 11) is 0. The third-order valence-electron chi connectivity index (χ3n) is 3.38. The minimum Gasteiger partial charge on any atom is -0.492 e. The molecule has 1 amide bonds. The van der Waals surface area contributed by atoms with Crippen molar-refractivity contribution in [2.45, 2.75) is 0 Å². The highest BCUT2D eigenvalue weighted by molar-refractivity contribution is 6.31. The van der Waals surface area contributed by atoms with Crippen molar-refractivity contribution in [1.29, 1.82) is 0 Å². The highest BCUT2D eigenvalue weighted by atomic mass is 35.5. The first-order valence-electron chi connectivity index (χ1n) is 7.43. The van der Waals surface area contributed by atoms with Crippen LogP contribution in [-0.2, 0) is 0 Å². The fourth-order valence-electron chi connectivity index (χ4n) is 2.19. The molecular weight excluding hydrogens is 365 g/mol. The van der Waals surface area contributed by atoms with Gasteiger partial charge in [0, 0.05) is 16.1 Å². The minimum absolute atomic E-state index is 0.0636. The second-order valence-electron chi connectivity index (χ2n) is 5.17. The molecule has 0 atom stereocenters. The Bertz CT molecular complexity index is 967. The second kappa shape index (κ2) is 7.59. The molecule has 128 valence electrons. The molecular formula is C18H13Cl2NO4. The molecule has 7 heteroatoms. The maximum absolute atomic E-state index is 12.1. The van der Waals surface area contributed by atoms with E-state index in [1.807, 2.05) is 0 Å². The lowest BCUT2D eigenvalue weighted by Gasteiger charge is -2.08. The summed E-state index contributed by atoms with van der Waals surface area (Å²) in [4.78, 5) is 24.2. The minimum atomic E-state index is -0.492. The van der Waals surface area contributed by atoms with Crippen LogP contribution in [0, 0.1) is 0 Å². The summed E-state index contributed by atoms with van der Waals surface area (Å²) >= 11 is 11.6. The maximum Gasteiger partial charge on any atom is 0.287 e. The van der Waals surface area contributed by atoms with Crippen molar-refractivity contribution in [2.24, 2.45) is 0 Å². The van der Waals surface area contributed by atoms with E-state index in [9.17, 15) is 9.59 Å². The summed E-state index contributed by atoms with van der Waals surface area (Å²) in [6, 6.07) is 12.7. The lowest BCUT2D eigenvalue weighted by atomic mass is 10.2. The number of hydrogen-bond acceptors (Lipinski definition) is 4. The molecule has 3 aromatic rings. The van der Waals surface area contributed by atoms with E-state index in [1.54, 1.807) is 36.4 Å². The van der Waals surface area contributed by atoms with Gasteiger partial charge in [-0.25, -0.2) is 0 Å². The van der Waals surface area contributed by atoms with Crippen LogP contribution in [0.5, 0.6) is 5.75 Å². The molecule has 0 radical (unpaired) electrons. The van der Waals surface area contributed by atoms with Gasteiger partial charge in [-0.05, 0) is 42.5 Å². The van der Waals surface area contributed by atoms with Crippen LogP contribution in [0.1, 0.15) is 10.6 Å². The van der Waals surface area contributed by atoms with Crippen molar-refractivity contribution in [2.75, 3.05) is 13.2 Å². The normalized spacial score (nSPS) is 10.6. The number of rotatable bonds is 5. The smallest absolute Gasteiger partial charge is 0.287 e. The van der Waals surface area contributed by atoms with Crippen LogP contribution in [0.15, 0.2) is 57.7 Å². The molecule has 0 spiro atoms. The van der Waals surface area contributed by atoms with Crippen LogP contribution in [0.25, 0.3) is 11.0 Å². The Balaban J connectivity index is 1.61. The van der Waals surface area contributed by atoms with Crippen LogP contribution in [0.2, 0.25) is 10.0 Å². The standard InChI is InChI=1S/C18H13Cl2NO4/c19-11-1-4-13(5-2-11)24-8-7-21-18(23)17-10-15(22)14-9-12(20)3-6-16(14)25-17/h1-6,9-10H,7-8H2,(H,21,23). The van der Waals surface area contributed by atoms with Gasteiger partial charge in [-0.1, -0.05) is 23.2 Å². The lowest BCUT2D eigenvalue weighted by Crippen LogP contribution is -2.28. The first kappa shape index (κ1) is 17.3. The Hall–Kier alpha value is -2.50. The molecule has 0 saturated carbocycles. The zero-order chi connectivity index (χ0) is 17.8. The SMILES string of the molecule is O=C(NCCOc1ccc(Cl)cc1)c1cc(=O)c2cc(Cl)ccc2o1. The molecule has 0 unspecified atom stereocenters. The van der Waals surface area contributed by atoms with Gasteiger partial charge in [0.05, 0.1) is 11.9 Å². The Morgan fingerprint density at radius 1 is 1.04 bits per heavy atom. The van der Waals surface area contributed by atoms with E-state index < -0.39 is 5.91 Å². The van der Waals surface area contributed by atoms with Crippen LogP contribution in [-0.4, -0.2) is 19.1 Å². The van der Waals surface area contributed by atoms with Crippen LogP contribution >= 0.6 is 23.2 Å². The van der Waals surface area contributed by atoms with E-state index >= 15 is 0 Å². The van der Waals surface area contributed by atoms with Gasteiger partial charge in [0.2, 0.25) is 0 Å². The van der Waals surface area contributed by atoms with E-state index in [2.05, 4.69) is 5.32 Å². The number of hydrogen-bond donors (Lipinski definition) is 1. The largest absolute Gasteiger partial charge is 0.492 e. The molecule has 5 nitrogen and oxygen atoms in total. The molecule has 25 heavy (non-hydrogen) atoms. The average molecular weight is 378 g/mol. The zero-order valence-electron chi connectivity index (χ0n) is 12.9. The van der Waals surface area contributed by atoms with Gasteiger partial charge in [-0.2, -0.15) is 0 Å². The van der Waals surface area contributed by atoms with Crippen molar-refractivity contribution in [3.05, 3.63) is 74.6 Å². The molecule has 0 fully saturated rings. The highest BCUT2D eigenvalue weighted by Gasteiger charge is 2.12. The number of ether oxygens (including phenoxy) is 1. The molecule has 3 rings (SSSR count). The van der Waals surface area contributed by atoms with Gasteiger partial charge in [0.15, 0.2) is 11.2 Å². The Kier molecular flexibility index (Phi) is 5.26. The summed E-state index contributed by atoms with van der Waals surface area (Å²) in [5.74, 6) is 0.0905. The Labute approximate surface area is 153 Å². The number of nitrogens with one attached hydrogen (secondary N) is 1. The van der Waals surface area contributed by atoms with Crippen molar-refractivity contribution in [1.82, 2.24) is 5.32 Å². The quantitative estimate of drug-likeness (QED) is 0.684. The molecule has 0 aliphatic rings. The molecule has 0 saturated heterocycles. The predicted molar refractivity (Wildman–Crippen MR) is 96.8 cm³/mol. The van der Waals surface area contributed by atoms with Crippen molar-refractivity contribution in [3.8, 4) is 5.75 Å². The average Bonchev–Trinajstić information content (AvgIpc) is 2.60. The summed E-state index contributed by atoms with van der Waals surface area (Å²) in [5, 5.41) is 4.01. The summed E-state index contributed by atoms with van der Waals surface area (Å²) in [6.45, 7) is 0.518. The van der Waals surface area contributed by atoms with Crippen LogP contribution < -0.4 is 15.5 Å². The molecule has 0 aliphatic heterocycles. The van der Waals surface area contributed by atoms with Gasteiger partial charge in [-0.3, -0.25) is 9.59 Å². The van der Waals surface area contributed by atoms with E-state index in [1.165, 1.54) is 6.07 Å². The number of carbonyl (C=O) groups is 1. The number of carbonyl (C=O) groups excluding carboxylic acids is 1. The van der Waals surface area contributed by atoms with Gasteiger partial charge in [0.25, 0.3) is 5.91 Å². The van der Waals surface area contributed by atoms with Gasteiger partial charge >= 0.3 is 0 Å². The second-order valence-corrected chi connectivity index (χ2v) is 6.05.